The number of allylic oxidation sites excluding steroid dienone is 1. The third-order valence-electron chi connectivity index (χ3n) is 5.07. The van der Waals surface area contributed by atoms with Gasteiger partial charge in [0.2, 0.25) is 17.0 Å². The summed E-state index contributed by atoms with van der Waals surface area (Å²) in [6.07, 6.45) is 2.09. The predicted octanol–water partition coefficient (Wildman–Crippen LogP) is 3.19. The molecule has 0 saturated heterocycles. The van der Waals surface area contributed by atoms with Crippen LogP contribution in [0.15, 0.2) is 46.5 Å². The van der Waals surface area contributed by atoms with Crippen molar-refractivity contribution in [2.45, 2.75) is 25.9 Å². The highest BCUT2D eigenvalue weighted by atomic mass is 16.5. The lowest BCUT2D eigenvalue weighted by molar-refractivity contribution is -0.142. The molecule has 1 aliphatic rings. The highest BCUT2D eigenvalue weighted by Gasteiger charge is 2.51. The second-order valence-electron chi connectivity index (χ2n) is 6.86. The third kappa shape index (κ3) is 2.59. The summed E-state index contributed by atoms with van der Waals surface area (Å²) in [6.45, 7) is 3.84. The molecule has 142 valence electrons. The number of carbonyl (C=O) groups excluding carboxylic acids is 1. The second-order valence-corrected chi connectivity index (χ2v) is 6.86. The summed E-state index contributed by atoms with van der Waals surface area (Å²) in [4.78, 5) is 26.5. The van der Waals surface area contributed by atoms with Crippen molar-refractivity contribution in [3.63, 3.8) is 0 Å². The van der Waals surface area contributed by atoms with E-state index in [0.717, 1.165) is 5.57 Å². The number of hydrogen-bond acceptors (Lipinski definition) is 5. The molecule has 3 rings (SSSR count). The molecule has 0 amide bonds. The van der Waals surface area contributed by atoms with Crippen LogP contribution in [0.1, 0.15) is 31.5 Å². The van der Waals surface area contributed by atoms with Gasteiger partial charge in [0.05, 0.1) is 23.9 Å². The Morgan fingerprint density at radius 2 is 1.89 bits per heavy atom. The lowest BCUT2D eigenvalue weighted by Gasteiger charge is -2.37. The number of aryl methyl sites for hydroxylation is 1. The van der Waals surface area contributed by atoms with Crippen LogP contribution in [0.25, 0.3) is 16.7 Å². The van der Waals surface area contributed by atoms with Gasteiger partial charge < -0.3 is 19.1 Å². The fourth-order valence-electron chi connectivity index (χ4n) is 3.69. The molecule has 1 aliphatic carbocycles. The summed E-state index contributed by atoms with van der Waals surface area (Å²) >= 11 is 0. The average molecular weight is 369 g/mol. The second kappa shape index (κ2) is 6.70. The van der Waals surface area contributed by atoms with E-state index in [1.165, 1.54) is 14.2 Å². The molecule has 0 unspecified atom stereocenters. The molecule has 0 aliphatic heterocycles. The molecular weight excluding hydrogens is 346 g/mol. The monoisotopic (exact) mass is 369 g/mol. The van der Waals surface area contributed by atoms with Crippen LogP contribution in [0, 0.1) is 0 Å². The predicted molar refractivity (Wildman–Crippen MR) is 103 cm³/mol. The van der Waals surface area contributed by atoms with Crippen molar-refractivity contribution in [2.24, 2.45) is 7.05 Å². The molecule has 2 aromatic rings. The Balaban J connectivity index is 2.54. The normalized spacial score (nSPS) is 19.2. The summed E-state index contributed by atoms with van der Waals surface area (Å²) in [5.74, 6) is -1.23. The zero-order valence-corrected chi connectivity index (χ0v) is 16.1. The van der Waals surface area contributed by atoms with E-state index < -0.39 is 17.1 Å². The number of hydrogen-bond donors (Lipinski definition) is 1. The summed E-state index contributed by atoms with van der Waals surface area (Å²) in [7, 11) is 4.48. The lowest BCUT2D eigenvalue weighted by atomic mass is 9.79. The van der Waals surface area contributed by atoms with Crippen molar-refractivity contribution in [1.82, 2.24) is 4.57 Å². The van der Waals surface area contributed by atoms with Crippen molar-refractivity contribution in [2.75, 3.05) is 14.2 Å². The molecule has 1 heterocycles. The molecule has 1 N–H and O–H groups in total. The van der Waals surface area contributed by atoms with Crippen molar-refractivity contribution in [3.8, 4) is 0 Å². The quantitative estimate of drug-likeness (QED) is 0.838. The fraction of sp³-hybridized carbons (Fsp3) is 0.333. The molecule has 1 aromatic carbocycles. The lowest BCUT2D eigenvalue weighted by Crippen LogP contribution is -2.46. The van der Waals surface area contributed by atoms with Crippen LogP contribution in [-0.2, 0) is 26.9 Å². The number of nitrogens with zero attached hydrogens (tertiary/aromatic N) is 1. The molecule has 0 saturated carbocycles. The van der Waals surface area contributed by atoms with Crippen molar-refractivity contribution >= 4 is 22.4 Å². The number of pyridine rings is 1. The van der Waals surface area contributed by atoms with Gasteiger partial charge in [-0.2, -0.15) is 0 Å². The van der Waals surface area contributed by atoms with Gasteiger partial charge in [-0.05, 0) is 26.0 Å². The van der Waals surface area contributed by atoms with Crippen LogP contribution in [0.2, 0.25) is 0 Å². The Morgan fingerprint density at radius 3 is 2.48 bits per heavy atom. The van der Waals surface area contributed by atoms with Gasteiger partial charge in [0.25, 0.3) is 0 Å². The molecule has 6 heteroatoms. The minimum atomic E-state index is -1.47. The third-order valence-corrected chi connectivity index (χ3v) is 5.07. The number of methoxy groups -OCH3 is 2. The van der Waals surface area contributed by atoms with Gasteiger partial charge in [-0.1, -0.05) is 23.8 Å². The van der Waals surface area contributed by atoms with Gasteiger partial charge in [-0.15, -0.1) is 0 Å². The minimum absolute atomic E-state index is 0.0386. The molecule has 1 atom stereocenters. The smallest absolute Gasteiger partial charge is 0.239 e. The van der Waals surface area contributed by atoms with E-state index in [1.807, 2.05) is 26.0 Å². The Labute approximate surface area is 157 Å². The summed E-state index contributed by atoms with van der Waals surface area (Å²) in [6, 6.07) is 7.07. The number of fused-ring (bicyclic) bond motifs is 2. The van der Waals surface area contributed by atoms with Crippen LogP contribution in [0.5, 0.6) is 0 Å². The zero-order valence-electron chi connectivity index (χ0n) is 16.1. The van der Waals surface area contributed by atoms with Gasteiger partial charge in [0.15, 0.2) is 11.4 Å². The highest BCUT2D eigenvalue weighted by Crippen LogP contribution is 2.42. The number of Topliss-reactive ketones (excluding diaryl/α,β-unsaturated/α-hetero) is 1. The van der Waals surface area contributed by atoms with E-state index in [-0.39, 0.29) is 23.2 Å². The molecule has 0 fully saturated rings. The Kier molecular flexibility index (Phi) is 4.70. The van der Waals surface area contributed by atoms with E-state index in [9.17, 15) is 14.7 Å². The van der Waals surface area contributed by atoms with Gasteiger partial charge in [-0.25, -0.2) is 0 Å². The number of rotatable bonds is 4. The first-order chi connectivity index (χ1) is 12.8. The molecule has 0 spiro atoms. The highest BCUT2D eigenvalue weighted by molar-refractivity contribution is 6.09. The zero-order chi connectivity index (χ0) is 19.9. The number of ether oxygens (including phenoxy) is 2. The maximum absolute atomic E-state index is 13.3. The maximum Gasteiger partial charge on any atom is 0.239 e. The van der Waals surface area contributed by atoms with Crippen molar-refractivity contribution in [1.29, 1.82) is 0 Å². The largest absolute Gasteiger partial charge is 0.504 e. The van der Waals surface area contributed by atoms with E-state index in [4.69, 9.17) is 9.47 Å². The van der Waals surface area contributed by atoms with Crippen LogP contribution in [0.3, 0.4) is 0 Å². The Morgan fingerprint density at radius 1 is 1.22 bits per heavy atom. The van der Waals surface area contributed by atoms with E-state index in [1.54, 1.807) is 29.8 Å². The Hall–Kier alpha value is -2.86. The van der Waals surface area contributed by atoms with E-state index in [2.05, 4.69) is 0 Å². The number of aliphatic hydroxyl groups excluding tert-OH is 1. The molecule has 1 aromatic heterocycles. The number of aliphatic hydroxyl groups is 1. The first-order valence-corrected chi connectivity index (χ1v) is 8.63. The average Bonchev–Trinajstić information content (AvgIpc) is 2.66. The number of para-hydroxylation sites is 1. The van der Waals surface area contributed by atoms with Crippen LogP contribution in [0.4, 0.5) is 0 Å². The molecule has 0 bridgehead atoms. The van der Waals surface area contributed by atoms with Crippen molar-refractivity contribution in [3.05, 3.63) is 63.2 Å². The van der Waals surface area contributed by atoms with Gasteiger partial charge in [-0.3, -0.25) is 9.59 Å². The maximum atomic E-state index is 13.3. The fourth-order valence-corrected chi connectivity index (χ4v) is 3.69. The molecule has 6 nitrogen and oxygen atoms in total. The standard InChI is InChI=1S/C21H23NO5/c1-12(2)10-11-21(27-5)19-15(17(24)18(26-4)20(21)25)16(23)13-8-6-7-9-14(13)22(19)3/h6-10,24H,11H2,1-5H3/t21-/m1/s1. The summed E-state index contributed by atoms with van der Waals surface area (Å²) in [5.41, 5.74) is 0.191. The number of carbonyl (C=O) groups is 1. The minimum Gasteiger partial charge on any atom is -0.504 e. The van der Waals surface area contributed by atoms with Crippen LogP contribution >= 0.6 is 0 Å². The van der Waals surface area contributed by atoms with Crippen LogP contribution in [-0.4, -0.2) is 29.7 Å². The Bertz CT molecular complexity index is 1060. The summed E-state index contributed by atoms with van der Waals surface area (Å²) in [5, 5.41) is 11.2. The first-order valence-electron chi connectivity index (χ1n) is 8.63. The van der Waals surface area contributed by atoms with Gasteiger partial charge >= 0.3 is 0 Å². The summed E-state index contributed by atoms with van der Waals surface area (Å²) < 4.78 is 12.7. The number of aromatic nitrogens is 1. The molecule has 27 heavy (non-hydrogen) atoms. The molecule has 0 radical (unpaired) electrons. The molecular formula is C21H23NO5. The van der Waals surface area contributed by atoms with Gasteiger partial charge in [0, 0.05) is 26.0 Å². The number of benzene rings is 1. The van der Waals surface area contributed by atoms with Crippen LogP contribution < -0.4 is 5.43 Å². The number of ketones is 1. The first kappa shape index (κ1) is 18.9. The van der Waals surface area contributed by atoms with Crippen molar-refractivity contribution < 1.29 is 19.4 Å². The van der Waals surface area contributed by atoms with Gasteiger partial charge in [0.1, 0.15) is 0 Å². The van der Waals surface area contributed by atoms with E-state index in [0.29, 0.717) is 16.6 Å². The topological polar surface area (TPSA) is 77.8 Å². The SMILES string of the molecule is COC1=C(O)c2c(n(C)c3ccccc3c2=O)[C@@](CC=C(C)C)(OC)C1=O. The van der Waals surface area contributed by atoms with E-state index >= 15 is 0 Å².